The zero-order valence-corrected chi connectivity index (χ0v) is 11.5. The minimum absolute atomic E-state index is 0.0654. The van der Waals surface area contributed by atoms with Crippen molar-refractivity contribution in [1.29, 1.82) is 5.41 Å². The van der Waals surface area contributed by atoms with E-state index in [1.807, 2.05) is 0 Å². The molecule has 0 amide bonds. The topological polar surface area (TPSA) is 78.2 Å². The summed E-state index contributed by atoms with van der Waals surface area (Å²) in [5.41, 5.74) is 0.445. The van der Waals surface area contributed by atoms with Gasteiger partial charge in [-0.2, -0.15) is 0 Å². The van der Waals surface area contributed by atoms with Gasteiger partial charge in [0.2, 0.25) is 0 Å². The Kier molecular flexibility index (Phi) is 5.22. The van der Waals surface area contributed by atoms with Crippen LogP contribution in [0.25, 0.3) is 0 Å². The predicted molar refractivity (Wildman–Crippen MR) is 72.0 cm³/mol. The smallest absolute Gasteiger partial charge is 0.312 e. The second kappa shape index (κ2) is 6.44. The molecule has 0 saturated carbocycles. The maximum absolute atomic E-state index is 11.8. The van der Waals surface area contributed by atoms with Gasteiger partial charge in [-0.25, -0.2) is 0 Å². The van der Waals surface area contributed by atoms with Crippen molar-refractivity contribution in [3.8, 4) is 0 Å². The number of hydrogen-bond acceptors (Lipinski definition) is 3. The SMILES string of the molecule is CC[C@@H](C(=N)C(=O)Cc1ccc(Br)cc1)C(=O)O. The van der Waals surface area contributed by atoms with Crippen molar-refractivity contribution in [1.82, 2.24) is 0 Å². The number of benzene rings is 1. The Bertz CT molecular complexity index is 468. The molecule has 0 heterocycles. The van der Waals surface area contributed by atoms with Crippen LogP contribution in [0, 0.1) is 11.3 Å². The Balaban J connectivity index is 2.73. The Morgan fingerprint density at radius 2 is 1.89 bits per heavy atom. The highest BCUT2D eigenvalue weighted by atomic mass is 79.9. The fraction of sp³-hybridized carbons (Fsp3) is 0.308. The third-order valence-electron chi connectivity index (χ3n) is 2.63. The second-order valence-corrected chi connectivity index (χ2v) is 4.85. The minimum atomic E-state index is -1.12. The number of carboxylic acid groups (broad SMARTS) is 1. The molecular weight excluding hydrogens is 298 g/mol. The summed E-state index contributed by atoms with van der Waals surface area (Å²) in [4.78, 5) is 22.7. The number of carboxylic acids is 1. The summed E-state index contributed by atoms with van der Waals surface area (Å²) < 4.78 is 0.908. The summed E-state index contributed by atoms with van der Waals surface area (Å²) in [6.45, 7) is 1.65. The number of halogens is 1. The van der Waals surface area contributed by atoms with Crippen molar-refractivity contribution in [2.45, 2.75) is 19.8 Å². The molecular formula is C13H14BrNO3. The van der Waals surface area contributed by atoms with Gasteiger partial charge in [0.1, 0.15) is 5.92 Å². The van der Waals surface area contributed by atoms with Crippen LogP contribution in [0.2, 0.25) is 0 Å². The van der Waals surface area contributed by atoms with E-state index in [1.165, 1.54) is 0 Å². The molecule has 1 aromatic rings. The van der Waals surface area contributed by atoms with Gasteiger partial charge in [-0.05, 0) is 24.1 Å². The number of aliphatic carboxylic acids is 1. The standard InChI is InChI=1S/C13H14BrNO3/c1-2-10(13(17)18)12(15)11(16)7-8-3-5-9(14)6-4-8/h3-6,10,15H,2,7H2,1H3,(H,17,18)/t10-/m0/s1. The molecule has 0 unspecified atom stereocenters. The lowest BCUT2D eigenvalue weighted by Crippen LogP contribution is -2.30. The fourth-order valence-corrected chi connectivity index (χ4v) is 1.84. The number of carbonyl (C=O) groups is 2. The van der Waals surface area contributed by atoms with E-state index in [-0.39, 0.29) is 18.6 Å². The van der Waals surface area contributed by atoms with Gasteiger partial charge in [-0.3, -0.25) is 9.59 Å². The first-order chi connectivity index (χ1) is 8.45. The number of rotatable bonds is 6. The lowest BCUT2D eigenvalue weighted by atomic mass is 9.94. The van der Waals surface area contributed by atoms with Gasteiger partial charge in [-0.1, -0.05) is 35.0 Å². The monoisotopic (exact) mass is 311 g/mol. The van der Waals surface area contributed by atoms with Crippen LogP contribution in [0.4, 0.5) is 0 Å². The molecule has 1 aromatic carbocycles. The van der Waals surface area contributed by atoms with Crippen LogP contribution in [0.15, 0.2) is 28.7 Å². The first-order valence-corrected chi connectivity index (χ1v) is 6.34. The van der Waals surface area contributed by atoms with Crippen molar-refractivity contribution in [2.24, 2.45) is 5.92 Å². The average Bonchev–Trinajstić information content (AvgIpc) is 2.32. The van der Waals surface area contributed by atoms with E-state index in [4.69, 9.17) is 10.5 Å². The summed E-state index contributed by atoms with van der Waals surface area (Å²) in [6, 6.07) is 7.16. The summed E-state index contributed by atoms with van der Waals surface area (Å²) in [6.07, 6.45) is 0.316. The molecule has 0 aromatic heterocycles. The number of hydrogen-bond donors (Lipinski definition) is 2. The van der Waals surface area contributed by atoms with Crippen molar-refractivity contribution in [3.05, 3.63) is 34.3 Å². The molecule has 0 aliphatic heterocycles. The van der Waals surface area contributed by atoms with E-state index in [1.54, 1.807) is 31.2 Å². The van der Waals surface area contributed by atoms with E-state index in [2.05, 4.69) is 15.9 Å². The van der Waals surface area contributed by atoms with Gasteiger partial charge in [-0.15, -0.1) is 0 Å². The number of ketones is 1. The van der Waals surface area contributed by atoms with Crippen molar-refractivity contribution in [2.75, 3.05) is 0 Å². The van der Waals surface area contributed by atoms with E-state index in [9.17, 15) is 9.59 Å². The molecule has 0 radical (unpaired) electrons. The van der Waals surface area contributed by atoms with E-state index in [0.29, 0.717) is 0 Å². The van der Waals surface area contributed by atoms with Crippen molar-refractivity contribution < 1.29 is 14.7 Å². The number of carbonyl (C=O) groups excluding carboxylic acids is 1. The normalized spacial score (nSPS) is 11.9. The van der Waals surface area contributed by atoms with E-state index >= 15 is 0 Å². The van der Waals surface area contributed by atoms with E-state index < -0.39 is 17.7 Å². The maximum atomic E-state index is 11.8. The fourth-order valence-electron chi connectivity index (χ4n) is 1.58. The second-order valence-electron chi connectivity index (χ2n) is 3.94. The lowest BCUT2D eigenvalue weighted by molar-refractivity contribution is -0.139. The first kappa shape index (κ1) is 14.6. The van der Waals surface area contributed by atoms with Crippen LogP contribution in [-0.2, 0) is 16.0 Å². The van der Waals surface area contributed by atoms with Gasteiger partial charge in [0.15, 0.2) is 5.78 Å². The summed E-state index contributed by atoms with van der Waals surface area (Å²) >= 11 is 3.29. The molecule has 0 fully saturated rings. The molecule has 1 atom stereocenters. The van der Waals surface area contributed by atoms with Gasteiger partial charge in [0.05, 0.1) is 5.71 Å². The molecule has 0 bridgehead atoms. The van der Waals surface area contributed by atoms with Gasteiger partial charge < -0.3 is 10.5 Å². The van der Waals surface area contributed by atoms with Crippen LogP contribution in [-0.4, -0.2) is 22.6 Å². The van der Waals surface area contributed by atoms with Gasteiger partial charge >= 0.3 is 5.97 Å². The Morgan fingerprint density at radius 3 is 2.33 bits per heavy atom. The lowest BCUT2D eigenvalue weighted by Gasteiger charge is -2.10. The van der Waals surface area contributed by atoms with Crippen molar-refractivity contribution in [3.63, 3.8) is 0 Å². The summed E-state index contributed by atoms with van der Waals surface area (Å²) in [5, 5.41) is 16.5. The minimum Gasteiger partial charge on any atom is -0.481 e. The molecule has 0 saturated heterocycles. The maximum Gasteiger partial charge on any atom is 0.312 e. The third-order valence-corrected chi connectivity index (χ3v) is 3.16. The molecule has 4 nitrogen and oxygen atoms in total. The predicted octanol–water partition coefficient (Wildman–Crippen LogP) is 2.69. The molecule has 5 heteroatoms. The Labute approximate surface area is 114 Å². The largest absolute Gasteiger partial charge is 0.481 e. The molecule has 1 rings (SSSR count). The van der Waals surface area contributed by atoms with Crippen molar-refractivity contribution >= 4 is 33.4 Å². The van der Waals surface area contributed by atoms with Gasteiger partial charge in [0, 0.05) is 10.9 Å². The third kappa shape index (κ3) is 3.77. The summed E-state index contributed by atoms with van der Waals surface area (Å²) in [5.74, 6) is -2.56. The summed E-state index contributed by atoms with van der Waals surface area (Å²) in [7, 11) is 0. The molecule has 18 heavy (non-hydrogen) atoms. The molecule has 0 spiro atoms. The Hall–Kier alpha value is -1.49. The van der Waals surface area contributed by atoms with Gasteiger partial charge in [0.25, 0.3) is 0 Å². The quantitative estimate of drug-likeness (QED) is 0.793. The van der Waals surface area contributed by atoms with Crippen LogP contribution in [0.3, 0.4) is 0 Å². The zero-order chi connectivity index (χ0) is 13.7. The van der Waals surface area contributed by atoms with Crippen LogP contribution in [0.1, 0.15) is 18.9 Å². The average molecular weight is 312 g/mol. The molecule has 2 N–H and O–H groups in total. The zero-order valence-electron chi connectivity index (χ0n) is 9.94. The molecule has 0 aliphatic rings. The molecule has 0 aliphatic carbocycles. The van der Waals surface area contributed by atoms with Crippen LogP contribution >= 0.6 is 15.9 Å². The van der Waals surface area contributed by atoms with Crippen LogP contribution < -0.4 is 0 Å². The number of Topliss-reactive ketones (excluding diaryl/α,β-unsaturated/α-hetero) is 1. The number of nitrogens with one attached hydrogen (secondary N) is 1. The van der Waals surface area contributed by atoms with E-state index in [0.717, 1.165) is 10.0 Å². The first-order valence-electron chi connectivity index (χ1n) is 5.54. The van der Waals surface area contributed by atoms with Crippen LogP contribution in [0.5, 0.6) is 0 Å². The highest BCUT2D eigenvalue weighted by molar-refractivity contribution is 9.10. The molecule has 96 valence electrons. The highest BCUT2D eigenvalue weighted by Gasteiger charge is 2.25. The highest BCUT2D eigenvalue weighted by Crippen LogP contribution is 2.13. The Morgan fingerprint density at radius 1 is 1.33 bits per heavy atom.